The molecule has 0 unspecified atom stereocenters. The minimum atomic E-state index is -3.45. The third kappa shape index (κ3) is 4.92. The molecule has 0 aromatic heterocycles. The molecule has 0 fully saturated rings. The predicted octanol–water partition coefficient (Wildman–Crippen LogP) is 1.18. The molecule has 7 heteroatoms. The van der Waals surface area contributed by atoms with Crippen LogP contribution in [0.4, 0.5) is 0 Å². The standard InChI is InChI=1S/C13H19NO5S/c1-14(7-4-8-19-2)20(17,18)10-11-5-3-6-12(9-11)13(15)16/h3,5-6,9H,4,7-8,10H2,1-2H3,(H,15,16). The first-order valence-electron chi connectivity index (χ1n) is 6.12. The van der Waals surface area contributed by atoms with Gasteiger partial charge in [-0.1, -0.05) is 12.1 Å². The zero-order chi connectivity index (χ0) is 15.2. The molecule has 1 aromatic carbocycles. The average Bonchev–Trinajstić information content (AvgIpc) is 2.38. The number of benzene rings is 1. The van der Waals surface area contributed by atoms with E-state index < -0.39 is 16.0 Å². The fourth-order valence-corrected chi connectivity index (χ4v) is 2.91. The second kappa shape index (κ2) is 7.37. The highest BCUT2D eigenvalue weighted by Crippen LogP contribution is 2.12. The zero-order valence-corrected chi connectivity index (χ0v) is 12.4. The van der Waals surface area contributed by atoms with Crippen LogP contribution in [0.15, 0.2) is 24.3 Å². The summed E-state index contributed by atoms with van der Waals surface area (Å²) in [6.45, 7) is 0.864. The lowest BCUT2D eigenvalue weighted by atomic mass is 10.1. The van der Waals surface area contributed by atoms with E-state index in [1.165, 1.54) is 23.5 Å². The molecule has 1 aromatic rings. The first kappa shape index (κ1) is 16.6. The van der Waals surface area contributed by atoms with E-state index in [0.29, 0.717) is 25.1 Å². The fourth-order valence-electron chi connectivity index (χ4n) is 1.69. The van der Waals surface area contributed by atoms with E-state index in [-0.39, 0.29) is 11.3 Å². The Morgan fingerprint density at radius 3 is 2.70 bits per heavy atom. The summed E-state index contributed by atoms with van der Waals surface area (Å²) >= 11 is 0. The number of methoxy groups -OCH3 is 1. The lowest BCUT2D eigenvalue weighted by Crippen LogP contribution is -2.29. The number of sulfonamides is 1. The maximum absolute atomic E-state index is 12.1. The van der Waals surface area contributed by atoms with Crippen LogP contribution in [0.2, 0.25) is 0 Å². The fraction of sp³-hybridized carbons (Fsp3) is 0.462. The number of aromatic carboxylic acids is 1. The zero-order valence-electron chi connectivity index (χ0n) is 11.6. The van der Waals surface area contributed by atoms with Crippen LogP contribution in [0.1, 0.15) is 22.3 Å². The summed E-state index contributed by atoms with van der Waals surface area (Å²) in [6.07, 6.45) is 0.612. The lowest BCUT2D eigenvalue weighted by Gasteiger charge is -2.17. The van der Waals surface area contributed by atoms with Gasteiger partial charge in [0.25, 0.3) is 0 Å². The molecule has 0 spiro atoms. The minimum absolute atomic E-state index is 0.0831. The minimum Gasteiger partial charge on any atom is -0.478 e. The van der Waals surface area contributed by atoms with E-state index in [0.717, 1.165) is 0 Å². The van der Waals surface area contributed by atoms with E-state index in [2.05, 4.69) is 0 Å². The van der Waals surface area contributed by atoms with Crippen LogP contribution in [-0.2, 0) is 20.5 Å². The summed E-state index contributed by atoms with van der Waals surface area (Å²) in [5.74, 6) is -1.28. The van der Waals surface area contributed by atoms with E-state index in [4.69, 9.17) is 9.84 Å². The number of carbonyl (C=O) groups is 1. The molecule has 20 heavy (non-hydrogen) atoms. The van der Waals surface area contributed by atoms with Crippen molar-refractivity contribution in [1.29, 1.82) is 0 Å². The van der Waals surface area contributed by atoms with Gasteiger partial charge in [-0.3, -0.25) is 0 Å². The Morgan fingerprint density at radius 1 is 1.40 bits per heavy atom. The molecule has 0 saturated carbocycles. The molecule has 0 atom stereocenters. The molecule has 0 radical (unpaired) electrons. The van der Waals surface area contributed by atoms with Crippen molar-refractivity contribution in [3.8, 4) is 0 Å². The topological polar surface area (TPSA) is 83.9 Å². The van der Waals surface area contributed by atoms with Gasteiger partial charge in [-0.2, -0.15) is 0 Å². The summed E-state index contributed by atoms with van der Waals surface area (Å²) in [5.41, 5.74) is 0.545. The molecule has 0 bridgehead atoms. The van der Waals surface area contributed by atoms with Crippen molar-refractivity contribution >= 4 is 16.0 Å². The van der Waals surface area contributed by atoms with Gasteiger partial charge in [0.15, 0.2) is 0 Å². The quantitative estimate of drug-likeness (QED) is 0.729. The number of carboxylic acid groups (broad SMARTS) is 1. The maximum Gasteiger partial charge on any atom is 0.335 e. The molecule has 1 rings (SSSR count). The van der Waals surface area contributed by atoms with Crippen molar-refractivity contribution in [2.24, 2.45) is 0 Å². The van der Waals surface area contributed by atoms with Gasteiger partial charge in [0.1, 0.15) is 0 Å². The summed E-state index contributed by atoms with van der Waals surface area (Å²) in [6, 6.07) is 5.95. The number of carboxylic acids is 1. The number of nitrogens with zero attached hydrogens (tertiary/aromatic N) is 1. The van der Waals surface area contributed by atoms with Gasteiger partial charge in [0.05, 0.1) is 11.3 Å². The lowest BCUT2D eigenvalue weighted by molar-refractivity contribution is 0.0696. The van der Waals surface area contributed by atoms with Gasteiger partial charge < -0.3 is 9.84 Å². The van der Waals surface area contributed by atoms with E-state index in [1.807, 2.05) is 0 Å². The average molecular weight is 301 g/mol. The highest BCUT2D eigenvalue weighted by Gasteiger charge is 2.18. The normalized spacial score (nSPS) is 11.8. The Labute approximate surface area is 119 Å². The van der Waals surface area contributed by atoms with Gasteiger partial charge in [-0.25, -0.2) is 17.5 Å². The van der Waals surface area contributed by atoms with Crippen molar-refractivity contribution in [2.75, 3.05) is 27.3 Å². The molecule has 0 aliphatic carbocycles. The molecule has 1 N–H and O–H groups in total. The highest BCUT2D eigenvalue weighted by atomic mass is 32.2. The van der Waals surface area contributed by atoms with Crippen LogP contribution in [0.25, 0.3) is 0 Å². The van der Waals surface area contributed by atoms with E-state index in [9.17, 15) is 13.2 Å². The van der Waals surface area contributed by atoms with Crippen LogP contribution < -0.4 is 0 Å². The van der Waals surface area contributed by atoms with Crippen molar-refractivity contribution < 1.29 is 23.1 Å². The van der Waals surface area contributed by atoms with Gasteiger partial charge in [0, 0.05) is 27.3 Å². The summed E-state index contributed by atoms with van der Waals surface area (Å²) < 4.78 is 30.4. The third-order valence-corrected chi connectivity index (χ3v) is 4.65. The molecule has 0 saturated heterocycles. The molecule has 6 nitrogen and oxygen atoms in total. The molecule has 0 aliphatic heterocycles. The second-order valence-corrected chi connectivity index (χ2v) is 6.51. The molecular formula is C13H19NO5S. The van der Waals surface area contributed by atoms with Crippen LogP contribution in [0, 0.1) is 0 Å². The molecule has 0 heterocycles. The summed E-state index contributed by atoms with van der Waals surface area (Å²) in [5, 5.41) is 8.89. The number of ether oxygens (including phenoxy) is 1. The van der Waals surface area contributed by atoms with E-state index >= 15 is 0 Å². The molecule has 112 valence electrons. The second-order valence-electron chi connectivity index (χ2n) is 4.43. The number of hydrogen-bond donors (Lipinski definition) is 1. The van der Waals surface area contributed by atoms with Crippen molar-refractivity contribution in [1.82, 2.24) is 4.31 Å². The predicted molar refractivity (Wildman–Crippen MR) is 75.1 cm³/mol. The first-order chi connectivity index (χ1) is 9.36. The monoisotopic (exact) mass is 301 g/mol. The summed E-state index contributed by atoms with van der Waals surface area (Å²) in [4.78, 5) is 10.9. The summed E-state index contributed by atoms with van der Waals surface area (Å²) in [7, 11) is -0.384. The van der Waals surface area contributed by atoms with Crippen LogP contribution in [0.3, 0.4) is 0 Å². The Kier molecular flexibility index (Phi) is 6.12. The number of rotatable bonds is 8. The largest absolute Gasteiger partial charge is 0.478 e. The Hall–Kier alpha value is -1.44. The van der Waals surface area contributed by atoms with Gasteiger partial charge in [-0.15, -0.1) is 0 Å². The molecule has 0 aliphatic rings. The Bertz CT molecular complexity index is 556. The van der Waals surface area contributed by atoms with Crippen molar-refractivity contribution in [3.63, 3.8) is 0 Å². The maximum atomic E-state index is 12.1. The smallest absolute Gasteiger partial charge is 0.335 e. The van der Waals surface area contributed by atoms with Gasteiger partial charge in [0.2, 0.25) is 10.0 Å². The van der Waals surface area contributed by atoms with Crippen LogP contribution in [-0.4, -0.2) is 51.1 Å². The highest BCUT2D eigenvalue weighted by molar-refractivity contribution is 7.88. The third-order valence-electron chi connectivity index (χ3n) is 2.82. The Balaban J connectivity index is 2.75. The number of hydrogen-bond acceptors (Lipinski definition) is 4. The van der Waals surface area contributed by atoms with E-state index in [1.54, 1.807) is 19.2 Å². The first-order valence-corrected chi connectivity index (χ1v) is 7.73. The van der Waals surface area contributed by atoms with Crippen LogP contribution >= 0.6 is 0 Å². The SMILES string of the molecule is COCCCN(C)S(=O)(=O)Cc1cccc(C(=O)O)c1. The van der Waals surface area contributed by atoms with Crippen LogP contribution in [0.5, 0.6) is 0 Å². The molecular weight excluding hydrogens is 282 g/mol. The Morgan fingerprint density at radius 2 is 2.10 bits per heavy atom. The molecule has 0 amide bonds. The van der Waals surface area contributed by atoms with Gasteiger partial charge >= 0.3 is 5.97 Å². The van der Waals surface area contributed by atoms with Crippen molar-refractivity contribution in [2.45, 2.75) is 12.2 Å². The van der Waals surface area contributed by atoms with Crippen molar-refractivity contribution in [3.05, 3.63) is 35.4 Å². The van der Waals surface area contributed by atoms with Gasteiger partial charge in [-0.05, 0) is 24.1 Å².